The van der Waals surface area contributed by atoms with Crippen LogP contribution in [0.15, 0.2) is 46.3 Å². The van der Waals surface area contributed by atoms with Gasteiger partial charge < -0.3 is 14.8 Å². The average Bonchev–Trinajstić information content (AvgIpc) is 2.44. The van der Waals surface area contributed by atoms with Crippen LogP contribution in [-0.2, 0) is 11.4 Å². The molecule has 0 atom stereocenters. The fraction of sp³-hybridized carbons (Fsp3) is 0.154. The highest BCUT2D eigenvalue weighted by molar-refractivity contribution is 7.99. The van der Waals surface area contributed by atoms with E-state index >= 15 is 0 Å². The molecule has 0 spiro atoms. The van der Waals surface area contributed by atoms with E-state index in [-0.39, 0.29) is 23.1 Å². The van der Waals surface area contributed by atoms with Crippen molar-refractivity contribution < 1.29 is 14.6 Å². The Morgan fingerprint density at radius 1 is 1.35 bits per heavy atom. The molecule has 0 unspecified atom stereocenters. The lowest BCUT2D eigenvalue weighted by Crippen LogP contribution is -2.12. The smallest absolute Gasteiger partial charge is 0.313 e. The lowest BCUT2D eigenvalue weighted by molar-refractivity contribution is -0.133. The van der Waals surface area contributed by atoms with Gasteiger partial charge in [-0.05, 0) is 12.1 Å². The molecule has 104 valence electrons. The first-order valence-electron chi connectivity index (χ1n) is 5.76. The summed E-state index contributed by atoms with van der Waals surface area (Å²) in [6.45, 7) is 0.147. The van der Waals surface area contributed by atoms with E-state index in [4.69, 9.17) is 9.84 Å². The Morgan fingerprint density at radius 3 is 2.80 bits per heavy atom. The van der Waals surface area contributed by atoms with Gasteiger partial charge in [0.2, 0.25) is 0 Å². The molecule has 6 nitrogen and oxygen atoms in total. The van der Waals surface area contributed by atoms with E-state index in [9.17, 15) is 9.59 Å². The molecule has 0 fully saturated rings. The maximum Gasteiger partial charge on any atom is 0.313 e. The number of H-pyrrole nitrogens is 1. The third kappa shape index (κ3) is 4.43. The second kappa shape index (κ2) is 6.76. The lowest BCUT2D eigenvalue weighted by Gasteiger charge is -2.06. The first kappa shape index (κ1) is 14.1. The highest BCUT2D eigenvalue weighted by atomic mass is 32.2. The van der Waals surface area contributed by atoms with Crippen molar-refractivity contribution in [2.45, 2.75) is 11.8 Å². The predicted molar refractivity (Wildman–Crippen MR) is 74.0 cm³/mol. The molecule has 0 aliphatic carbocycles. The van der Waals surface area contributed by atoms with Crippen LogP contribution in [0.4, 0.5) is 0 Å². The van der Waals surface area contributed by atoms with Crippen LogP contribution < -0.4 is 10.3 Å². The summed E-state index contributed by atoms with van der Waals surface area (Å²) < 4.78 is 5.49. The quantitative estimate of drug-likeness (QED) is 0.619. The van der Waals surface area contributed by atoms with Crippen molar-refractivity contribution in [1.82, 2.24) is 9.97 Å². The summed E-state index contributed by atoms with van der Waals surface area (Å²) in [6, 6.07) is 10.5. The molecule has 0 aliphatic rings. The number of thioether (sulfide) groups is 1. The van der Waals surface area contributed by atoms with Gasteiger partial charge in [-0.1, -0.05) is 30.0 Å². The van der Waals surface area contributed by atoms with Gasteiger partial charge in [0.1, 0.15) is 12.4 Å². The Balaban J connectivity index is 2.04. The number of aromatic amines is 1. The molecule has 0 bridgehead atoms. The van der Waals surface area contributed by atoms with Crippen LogP contribution in [0.3, 0.4) is 0 Å². The molecule has 2 N–H and O–H groups in total. The van der Waals surface area contributed by atoms with Crippen LogP contribution in [0.1, 0.15) is 5.69 Å². The van der Waals surface area contributed by atoms with Gasteiger partial charge in [-0.25, -0.2) is 4.98 Å². The number of carboxylic acids is 1. The van der Waals surface area contributed by atoms with E-state index in [1.807, 2.05) is 18.2 Å². The third-order valence-electron chi connectivity index (χ3n) is 2.24. The summed E-state index contributed by atoms with van der Waals surface area (Å²) in [6.07, 6.45) is 0. The molecule has 1 aromatic carbocycles. The Hall–Kier alpha value is -2.28. The molecule has 7 heteroatoms. The number of benzene rings is 1. The van der Waals surface area contributed by atoms with Gasteiger partial charge in [0.05, 0.1) is 11.4 Å². The normalized spacial score (nSPS) is 10.2. The molecule has 2 rings (SSSR count). The highest BCUT2D eigenvalue weighted by Gasteiger charge is 2.05. The molecule has 0 aliphatic heterocycles. The highest BCUT2D eigenvalue weighted by Crippen LogP contribution is 2.13. The van der Waals surface area contributed by atoms with E-state index in [0.717, 1.165) is 11.8 Å². The molecule has 1 aromatic heterocycles. The molecular weight excluding hydrogens is 280 g/mol. The van der Waals surface area contributed by atoms with Crippen LogP contribution >= 0.6 is 11.8 Å². The summed E-state index contributed by atoms with van der Waals surface area (Å²) in [4.78, 5) is 28.6. The van der Waals surface area contributed by atoms with Crippen molar-refractivity contribution in [2.75, 3.05) is 5.75 Å². The fourth-order valence-corrected chi connectivity index (χ4v) is 2.04. The van der Waals surface area contributed by atoms with Crippen LogP contribution in [0.25, 0.3) is 0 Å². The Labute approximate surface area is 118 Å². The number of rotatable bonds is 6. The van der Waals surface area contributed by atoms with E-state index in [1.165, 1.54) is 6.07 Å². The van der Waals surface area contributed by atoms with E-state index in [0.29, 0.717) is 11.4 Å². The van der Waals surface area contributed by atoms with Gasteiger partial charge in [0.25, 0.3) is 5.56 Å². The fourth-order valence-electron chi connectivity index (χ4n) is 1.43. The zero-order chi connectivity index (χ0) is 14.4. The summed E-state index contributed by atoms with van der Waals surface area (Å²) >= 11 is 0.957. The Morgan fingerprint density at radius 2 is 2.10 bits per heavy atom. The molecule has 1 heterocycles. The van der Waals surface area contributed by atoms with Crippen molar-refractivity contribution in [3.63, 3.8) is 0 Å². The van der Waals surface area contributed by atoms with Crippen molar-refractivity contribution in [3.05, 3.63) is 52.4 Å². The second-order valence-electron chi connectivity index (χ2n) is 3.83. The first-order valence-corrected chi connectivity index (χ1v) is 6.75. The average molecular weight is 292 g/mol. The summed E-state index contributed by atoms with van der Waals surface area (Å²) in [7, 11) is 0. The standard InChI is InChI=1S/C13H12N2O4S/c16-11-6-9(7-19-10-4-2-1-3-5-10)14-13(15-11)20-8-12(17)18/h1-6H,7-8H2,(H,17,18)(H,14,15,16). The monoisotopic (exact) mass is 292 g/mol. The van der Waals surface area contributed by atoms with Gasteiger partial charge in [-0.3, -0.25) is 9.59 Å². The minimum absolute atomic E-state index is 0.147. The summed E-state index contributed by atoms with van der Waals surface area (Å²) in [5.41, 5.74) is 0.116. The Bertz CT molecular complexity index is 642. The maximum absolute atomic E-state index is 11.5. The number of carboxylic acid groups (broad SMARTS) is 1. The van der Waals surface area contributed by atoms with E-state index in [2.05, 4.69) is 9.97 Å². The molecular formula is C13H12N2O4S. The minimum atomic E-state index is -0.969. The van der Waals surface area contributed by atoms with Gasteiger partial charge in [0, 0.05) is 6.07 Å². The van der Waals surface area contributed by atoms with Crippen LogP contribution in [0.5, 0.6) is 5.75 Å². The SMILES string of the molecule is O=C(O)CSc1nc(COc2ccccc2)cc(=O)[nH]1. The molecule has 0 saturated heterocycles. The number of aromatic nitrogens is 2. The van der Waals surface area contributed by atoms with Crippen LogP contribution in [-0.4, -0.2) is 26.8 Å². The minimum Gasteiger partial charge on any atom is -0.487 e. The van der Waals surface area contributed by atoms with Gasteiger partial charge in [-0.2, -0.15) is 0 Å². The number of carbonyl (C=O) groups is 1. The number of nitrogens with one attached hydrogen (secondary N) is 1. The number of nitrogens with zero attached hydrogens (tertiary/aromatic N) is 1. The first-order chi connectivity index (χ1) is 9.63. The number of aliphatic carboxylic acids is 1. The molecule has 0 saturated carbocycles. The maximum atomic E-state index is 11.5. The number of hydrogen-bond donors (Lipinski definition) is 2. The van der Waals surface area contributed by atoms with Gasteiger partial charge in [-0.15, -0.1) is 0 Å². The number of ether oxygens (including phenoxy) is 1. The molecule has 2 aromatic rings. The van der Waals surface area contributed by atoms with Crippen LogP contribution in [0.2, 0.25) is 0 Å². The molecule has 20 heavy (non-hydrogen) atoms. The third-order valence-corrected chi connectivity index (χ3v) is 3.09. The molecule has 0 radical (unpaired) electrons. The predicted octanol–water partition coefficient (Wildman–Crippen LogP) is 1.53. The van der Waals surface area contributed by atoms with E-state index in [1.54, 1.807) is 12.1 Å². The summed E-state index contributed by atoms with van der Waals surface area (Å²) in [5.74, 6) is -0.454. The summed E-state index contributed by atoms with van der Waals surface area (Å²) in [5, 5.41) is 8.87. The van der Waals surface area contributed by atoms with Crippen molar-refractivity contribution in [3.8, 4) is 5.75 Å². The lowest BCUT2D eigenvalue weighted by atomic mass is 10.3. The largest absolute Gasteiger partial charge is 0.487 e. The number of para-hydroxylation sites is 1. The number of hydrogen-bond acceptors (Lipinski definition) is 5. The molecule has 0 amide bonds. The zero-order valence-electron chi connectivity index (χ0n) is 10.4. The van der Waals surface area contributed by atoms with E-state index < -0.39 is 5.97 Å². The Kier molecular flexibility index (Phi) is 4.78. The van der Waals surface area contributed by atoms with Gasteiger partial charge in [0.15, 0.2) is 5.16 Å². The van der Waals surface area contributed by atoms with Crippen LogP contribution in [0, 0.1) is 0 Å². The van der Waals surface area contributed by atoms with Crippen molar-refractivity contribution in [1.29, 1.82) is 0 Å². The van der Waals surface area contributed by atoms with Gasteiger partial charge >= 0.3 is 5.97 Å². The van der Waals surface area contributed by atoms with Crippen molar-refractivity contribution in [2.24, 2.45) is 0 Å². The zero-order valence-corrected chi connectivity index (χ0v) is 11.2. The second-order valence-corrected chi connectivity index (χ2v) is 4.79. The topological polar surface area (TPSA) is 92.3 Å². The van der Waals surface area contributed by atoms with Crippen molar-refractivity contribution >= 4 is 17.7 Å².